The zero-order chi connectivity index (χ0) is 29.1. The molecule has 1 saturated heterocycles. The van der Waals surface area contributed by atoms with Gasteiger partial charge in [-0.2, -0.15) is 13.2 Å². The fourth-order valence-corrected chi connectivity index (χ4v) is 4.97. The van der Waals surface area contributed by atoms with E-state index in [1.807, 2.05) is 43.3 Å². The molecule has 0 unspecified atom stereocenters. The number of aryl methyl sites for hydroxylation is 1. The van der Waals surface area contributed by atoms with Crippen molar-refractivity contribution in [2.24, 2.45) is 11.8 Å². The number of alkyl halides is 3. The maximum atomic E-state index is 13.1. The summed E-state index contributed by atoms with van der Waals surface area (Å²) in [6, 6.07) is 15.4. The van der Waals surface area contributed by atoms with E-state index in [0.29, 0.717) is 41.9 Å². The molecule has 5 rings (SSSR count). The Morgan fingerprint density at radius 2 is 1.83 bits per heavy atom. The Labute approximate surface area is 238 Å². The van der Waals surface area contributed by atoms with Crippen molar-refractivity contribution in [3.63, 3.8) is 0 Å². The van der Waals surface area contributed by atoms with Crippen molar-refractivity contribution in [1.82, 2.24) is 15.0 Å². The molecule has 0 amide bonds. The molecule has 12 heteroatoms. The smallest absolute Gasteiger partial charge is 0.433 e. The predicted molar refractivity (Wildman–Crippen MR) is 145 cm³/mol. The Hall–Kier alpha value is -4.12. The second-order valence-electron chi connectivity index (χ2n) is 9.82. The van der Waals surface area contributed by atoms with Gasteiger partial charge in [-0.1, -0.05) is 23.7 Å². The van der Waals surface area contributed by atoms with Gasteiger partial charge >= 0.3 is 12.1 Å². The first kappa shape index (κ1) is 28.4. The van der Waals surface area contributed by atoms with Crippen molar-refractivity contribution in [3.8, 4) is 17.2 Å². The molecule has 2 atom stereocenters. The second kappa shape index (κ2) is 11.8. The van der Waals surface area contributed by atoms with Crippen LogP contribution in [-0.4, -0.2) is 45.7 Å². The van der Waals surface area contributed by atoms with Gasteiger partial charge in [-0.05, 0) is 67.3 Å². The van der Waals surface area contributed by atoms with Gasteiger partial charge in [0.05, 0.1) is 18.2 Å². The molecule has 8 nitrogen and oxygen atoms in total. The van der Waals surface area contributed by atoms with E-state index in [9.17, 15) is 23.1 Å². The van der Waals surface area contributed by atoms with Crippen LogP contribution >= 0.6 is 11.6 Å². The first-order chi connectivity index (χ1) is 19.6. The zero-order valence-corrected chi connectivity index (χ0v) is 22.7. The van der Waals surface area contributed by atoms with Crippen LogP contribution in [0.4, 0.5) is 19.1 Å². The maximum Gasteiger partial charge on any atom is 0.433 e. The van der Waals surface area contributed by atoms with Crippen molar-refractivity contribution in [2.45, 2.75) is 25.9 Å². The molecule has 2 aromatic heterocycles. The molecule has 2 aromatic carbocycles. The summed E-state index contributed by atoms with van der Waals surface area (Å²) in [6.45, 7) is 2.49. The molecule has 0 radical (unpaired) electrons. The van der Waals surface area contributed by atoms with Crippen LogP contribution in [0.2, 0.25) is 5.02 Å². The van der Waals surface area contributed by atoms with E-state index in [1.165, 1.54) is 4.90 Å². The molecular weight excluding hydrogens is 561 g/mol. The van der Waals surface area contributed by atoms with Crippen LogP contribution in [0.5, 0.6) is 5.75 Å². The highest BCUT2D eigenvalue weighted by Crippen LogP contribution is 2.32. The minimum absolute atomic E-state index is 0.0315. The number of ether oxygens (including phenoxy) is 1. The highest BCUT2D eigenvalue weighted by molar-refractivity contribution is 6.30. The molecule has 0 spiro atoms. The lowest BCUT2D eigenvalue weighted by Crippen LogP contribution is -2.25. The van der Waals surface area contributed by atoms with Crippen LogP contribution in [-0.2, 0) is 23.8 Å². The monoisotopic (exact) mass is 586 g/mol. The van der Waals surface area contributed by atoms with E-state index in [2.05, 4.69) is 15.0 Å². The molecule has 0 aliphatic carbocycles. The van der Waals surface area contributed by atoms with E-state index in [1.54, 1.807) is 12.1 Å². The van der Waals surface area contributed by atoms with Crippen molar-refractivity contribution in [2.75, 3.05) is 24.6 Å². The van der Waals surface area contributed by atoms with Gasteiger partial charge in [0.1, 0.15) is 17.2 Å². The molecular formula is C29H26ClF3N4O4. The number of carbonyl (C=O) groups is 1. The number of nitrogens with zero attached hydrogens (tertiary/aromatic N) is 4. The third kappa shape index (κ3) is 6.79. The van der Waals surface area contributed by atoms with E-state index in [0.717, 1.165) is 29.1 Å². The molecule has 1 N–H and O–H groups in total. The highest BCUT2D eigenvalue weighted by atomic mass is 35.5. The number of aromatic nitrogens is 3. The van der Waals surface area contributed by atoms with Crippen LogP contribution in [0.3, 0.4) is 0 Å². The summed E-state index contributed by atoms with van der Waals surface area (Å²) in [6.07, 6.45) is -2.60. The van der Waals surface area contributed by atoms with Gasteiger partial charge in [0, 0.05) is 36.3 Å². The van der Waals surface area contributed by atoms with Gasteiger partial charge in [0.25, 0.3) is 0 Å². The highest BCUT2D eigenvalue weighted by Gasteiger charge is 2.40. The van der Waals surface area contributed by atoms with Gasteiger partial charge in [0.15, 0.2) is 0 Å². The van der Waals surface area contributed by atoms with Crippen LogP contribution in [0.15, 0.2) is 65.2 Å². The molecule has 4 aromatic rings. The molecule has 41 heavy (non-hydrogen) atoms. The Morgan fingerprint density at radius 3 is 2.51 bits per heavy atom. The van der Waals surface area contributed by atoms with Crippen molar-refractivity contribution in [3.05, 3.63) is 88.5 Å². The molecule has 1 aliphatic rings. The number of carboxylic acid groups (broad SMARTS) is 1. The number of hydrogen-bond acceptors (Lipinski definition) is 7. The Morgan fingerprint density at radius 1 is 1.10 bits per heavy atom. The van der Waals surface area contributed by atoms with Crippen molar-refractivity contribution in [1.29, 1.82) is 0 Å². The SMILES string of the molecule is Cc1oc(-c2ccc(Cl)cc2)nc1CCOc1ccc(C[C@@H]2CN(c3nccc(C(F)(F)F)n3)C[C@@H]2C(=O)O)cc1. The number of rotatable bonds is 9. The lowest BCUT2D eigenvalue weighted by Gasteiger charge is -2.17. The lowest BCUT2D eigenvalue weighted by molar-refractivity contribution is -0.142. The Bertz CT molecular complexity index is 1510. The minimum Gasteiger partial charge on any atom is -0.493 e. The second-order valence-corrected chi connectivity index (χ2v) is 10.3. The molecule has 1 fully saturated rings. The average Bonchev–Trinajstić information content (AvgIpc) is 3.53. The van der Waals surface area contributed by atoms with Crippen molar-refractivity contribution >= 4 is 23.5 Å². The summed E-state index contributed by atoms with van der Waals surface area (Å²) in [5.41, 5.74) is 1.45. The van der Waals surface area contributed by atoms with Crippen LogP contribution in [0.1, 0.15) is 22.7 Å². The van der Waals surface area contributed by atoms with E-state index in [4.69, 9.17) is 20.8 Å². The molecule has 214 valence electrons. The van der Waals surface area contributed by atoms with Gasteiger partial charge in [-0.15, -0.1) is 0 Å². The fourth-order valence-electron chi connectivity index (χ4n) is 4.85. The first-order valence-corrected chi connectivity index (χ1v) is 13.3. The maximum absolute atomic E-state index is 13.1. The summed E-state index contributed by atoms with van der Waals surface area (Å²) in [4.78, 5) is 25.6. The Kier molecular flexibility index (Phi) is 8.16. The lowest BCUT2D eigenvalue weighted by atomic mass is 9.90. The third-order valence-electron chi connectivity index (χ3n) is 6.99. The summed E-state index contributed by atoms with van der Waals surface area (Å²) in [5.74, 6) is -0.360. The number of carboxylic acids is 1. The van der Waals surface area contributed by atoms with E-state index >= 15 is 0 Å². The van der Waals surface area contributed by atoms with E-state index < -0.39 is 23.8 Å². The first-order valence-electron chi connectivity index (χ1n) is 12.9. The molecule has 3 heterocycles. The van der Waals surface area contributed by atoms with Gasteiger partial charge < -0.3 is 19.2 Å². The van der Waals surface area contributed by atoms with Crippen molar-refractivity contribution < 1.29 is 32.2 Å². The van der Waals surface area contributed by atoms with E-state index in [-0.39, 0.29) is 25.0 Å². The fraction of sp³-hybridized carbons (Fsp3) is 0.310. The average molecular weight is 587 g/mol. The summed E-state index contributed by atoms with van der Waals surface area (Å²) in [5, 5.41) is 10.4. The van der Waals surface area contributed by atoms with Gasteiger partial charge in [0.2, 0.25) is 11.8 Å². The number of benzene rings is 2. The number of oxazole rings is 1. The summed E-state index contributed by atoms with van der Waals surface area (Å²) >= 11 is 5.95. The third-order valence-corrected chi connectivity index (χ3v) is 7.24. The predicted octanol–water partition coefficient (Wildman–Crippen LogP) is 6.11. The number of anilines is 1. The largest absolute Gasteiger partial charge is 0.493 e. The van der Waals surface area contributed by atoms with Crippen LogP contribution in [0.25, 0.3) is 11.5 Å². The topological polar surface area (TPSA) is 102 Å². The summed E-state index contributed by atoms with van der Waals surface area (Å²) in [7, 11) is 0. The standard InChI is InChI=1S/C29H26ClF3N4O4/c1-17-24(35-26(41-17)19-4-6-21(30)7-5-19)11-13-40-22-8-2-18(3-9-22)14-20-15-37(16-23(20)27(38)39)28-34-12-10-25(36-28)29(31,32)33/h2-10,12,20,23H,11,13-16H2,1H3,(H,38,39)/t20-,23+/m1/s1. The quantitative estimate of drug-likeness (QED) is 0.251. The van der Waals surface area contributed by atoms with Crippen LogP contribution < -0.4 is 9.64 Å². The summed E-state index contributed by atoms with van der Waals surface area (Å²) < 4.78 is 50.9. The molecule has 0 bridgehead atoms. The minimum atomic E-state index is -4.61. The number of aliphatic carboxylic acids is 1. The van der Waals surface area contributed by atoms with Crippen LogP contribution in [0, 0.1) is 18.8 Å². The molecule has 0 saturated carbocycles. The normalized spacial score (nSPS) is 17.1. The van der Waals surface area contributed by atoms with Gasteiger partial charge in [-0.3, -0.25) is 4.79 Å². The van der Waals surface area contributed by atoms with Gasteiger partial charge in [-0.25, -0.2) is 15.0 Å². The molecule has 1 aliphatic heterocycles. The Balaban J connectivity index is 1.17. The zero-order valence-electron chi connectivity index (χ0n) is 21.9. The number of hydrogen-bond donors (Lipinski definition) is 1. The number of halogens is 4.